The predicted molar refractivity (Wildman–Crippen MR) is 128 cm³/mol. The van der Waals surface area contributed by atoms with Crippen molar-refractivity contribution < 1.29 is 8.42 Å². The average Bonchev–Trinajstić information content (AvgIpc) is 3.53. The molecule has 0 saturated carbocycles. The van der Waals surface area contributed by atoms with Gasteiger partial charge in [0.05, 0.1) is 16.8 Å². The number of nitrogens with one attached hydrogen (secondary N) is 1. The van der Waals surface area contributed by atoms with Gasteiger partial charge in [0.15, 0.2) is 17.3 Å². The number of azo groups is 1. The number of sulfone groups is 1. The number of H-pyrrole nitrogens is 1. The normalized spacial score (nSPS) is 12.7. The minimum absolute atomic E-state index is 0.0306. The monoisotopic (exact) mass is 489 g/mol. The Balaban J connectivity index is 1.73. The molecule has 0 radical (unpaired) electrons. The van der Waals surface area contributed by atoms with Crippen molar-refractivity contribution in [3.8, 4) is 5.82 Å². The lowest BCUT2D eigenvalue weighted by Gasteiger charge is -2.16. The fraction of sp³-hybridized carbons (Fsp3) is 0.217. The topological polar surface area (TPSA) is 136 Å². The Morgan fingerprint density at radius 3 is 2.40 bits per heavy atom. The van der Waals surface area contributed by atoms with Crippen molar-refractivity contribution in [2.24, 2.45) is 10.2 Å². The maximum Gasteiger partial charge on any atom is 0.211 e. The van der Waals surface area contributed by atoms with Crippen molar-refractivity contribution in [3.63, 3.8) is 0 Å². The van der Waals surface area contributed by atoms with Gasteiger partial charge in [-0.1, -0.05) is 45.0 Å². The fourth-order valence-corrected chi connectivity index (χ4v) is 4.95. The zero-order valence-corrected chi connectivity index (χ0v) is 20.4. The number of hydrogen-bond donors (Lipinski definition) is 1. The molecule has 0 saturated heterocycles. The van der Waals surface area contributed by atoms with Gasteiger partial charge >= 0.3 is 0 Å². The first kappa shape index (κ1) is 22.6. The molecule has 0 aliphatic carbocycles. The summed E-state index contributed by atoms with van der Waals surface area (Å²) in [6.45, 7) is 7.92. The summed E-state index contributed by atoms with van der Waals surface area (Å²) in [6, 6.07) is 13.4. The molecule has 0 aliphatic rings. The molecular weight excluding hydrogens is 466 g/mol. The van der Waals surface area contributed by atoms with Gasteiger partial charge in [-0.05, 0) is 31.2 Å². The van der Waals surface area contributed by atoms with Gasteiger partial charge in [0.1, 0.15) is 10.7 Å². The highest BCUT2D eigenvalue weighted by Crippen LogP contribution is 2.37. The van der Waals surface area contributed by atoms with Crippen LogP contribution in [0.25, 0.3) is 11.5 Å². The lowest BCUT2D eigenvalue weighted by atomic mass is 9.91. The van der Waals surface area contributed by atoms with Gasteiger partial charge in [-0.25, -0.2) is 17.9 Å². The van der Waals surface area contributed by atoms with Crippen molar-refractivity contribution in [3.05, 3.63) is 72.4 Å². The van der Waals surface area contributed by atoms with Crippen molar-refractivity contribution in [2.75, 3.05) is 0 Å². The molecule has 12 heteroatoms. The molecule has 0 bridgehead atoms. The Bertz CT molecular complexity index is 1640. The molecule has 0 fully saturated rings. The van der Waals surface area contributed by atoms with Crippen LogP contribution in [0, 0.1) is 6.92 Å². The predicted octanol–water partition coefficient (Wildman–Crippen LogP) is 4.49. The quantitative estimate of drug-likeness (QED) is 0.361. The second-order valence-corrected chi connectivity index (χ2v) is 10.9. The Hall–Kier alpha value is -4.19. The molecule has 4 aromatic heterocycles. The van der Waals surface area contributed by atoms with Gasteiger partial charge in [-0.3, -0.25) is 5.10 Å². The van der Waals surface area contributed by atoms with Gasteiger partial charge in [0.2, 0.25) is 15.5 Å². The molecule has 0 aliphatic heterocycles. The molecule has 1 aromatic carbocycles. The summed E-state index contributed by atoms with van der Waals surface area (Å²) < 4.78 is 30.1. The van der Waals surface area contributed by atoms with Crippen molar-refractivity contribution in [1.29, 1.82) is 0 Å². The van der Waals surface area contributed by atoms with Crippen LogP contribution in [0.5, 0.6) is 0 Å². The van der Waals surface area contributed by atoms with E-state index in [9.17, 15) is 8.42 Å². The van der Waals surface area contributed by atoms with Gasteiger partial charge in [0, 0.05) is 11.6 Å². The molecule has 0 atom stereocenters. The molecular formula is C23H23N9O2S. The Labute approximate surface area is 201 Å². The Morgan fingerprint density at radius 2 is 1.71 bits per heavy atom. The van der Waals surface area contributed by atoms with Crippen LogP contribution in [0.1, 0.15) is 32.3 Å². The summed E-state index contributed by atoms with van der Waals surface area (Å²) in [7, 11) is -3.93. The van der Waals surface area contributed by atoms with Crippen LogP contribution < -0.4 is 0 Å². The van der Waals surface area contributed by atoms with E-state index in [0.29, 0.717) is 23.0 Å². The summed E-state index contributed by atoms with van der Waals surface area (Å²) in [4.78, 5) is 4.35. The van der Waals surface area contributed by atoms with E-state index in [2.05, 4.69) is 35.6 Å². The van der Waals surface area contributed by atoms with E-state index < -0.39 is 9.84 Å². The Kier molecular flexibility index (Phi) is 5.32. The second kappa shape index (κ2) is 8.24. The average molecular weight is 490 g/mol. The third kappa shape index (κ3) is 3.91. The van der Waals surface area contributed by atoms with E-state index in [-0.39, 0.29) is 21.0 Å². The lowest BCUT2D eigenvalue weighted by Crippen LogP contribution is -2.12. The minimum Gasteiger partial charge on any atom is -0.292 e. The Morgan fingerprint density at radius 1 is 0.971 bits per heavy atom. The number of hydrogen-bond acceptors (Lipinski definition) is 8. The lowest BCUT2D eigenvalue weighted by molar-refractivity contribution is 0.561. The molecule has 0 spiro atoms. The number of aryl methyl sites for hydroxylation is 1. The maximum atomic E-state index is 13.5. The van der Waals surface area contributed by atoms with Crippen LogP contribution in [0.4, 0.5) is 11.5 Å². The van der Waals surface area contributed by atoms with Crippen LogP contribution >= 0.6 is 0 Å². The van der Waals surface area contributed by atoms with Crippen LogP contribution in [-0.4, -0.2) is 43.0 Å². The molecule has 5 aromatic rings. The van der Waals surface area contributed by atoms with Crippen molar-refractivity contribution in [2.45, 2.75) is 42.9 Å². The van der Waals surface area contributed by atoms with E-state index in [1.165, 1.54) is 23.0 Å². The molecule has 0 unspecified atom stereocenters. The first-order chi connectivity index (χ1) is 16.7. The van der Waals surface area contributed by atoms with E-state index >= 15 is 0 Å². The van der Waals surface area contributed by atoms with Crippen molar-refractivity contribution >= 4 is 27.0 Å². The summed E-state index contributed by atoms with van der Waals surface area (Å²) in [5.74, 6) is 1.10. The van der Waals surface area contributed by atoms with Crippen LogP contribution in [0.15, 0.2) is 80.9 Å². The largest absolute Gasteiger partial charge is 0.292 e. The summed E-state index contributed by atoms with van der Waals surface area (Å²) in [6.07, 6.45) is 2.86. The van der Waals surface area contributed by atoms with E-state index in [1.807, 2.05) is 27.7 Å². The van der Waals surface area contributed by atoms with E-state index in [4.69, 9.17) is 0 Å². The number of benzene rings is 1. The van der Waals surface area contributed by atoms with Gasteiger partial charge in [0.25, 0.3) is 0 Å². The molecule has 5 rings (SSSR count). The molecule has 1 N–H and O–H groups in total. The standard InChI is InChI=1S/C23H23N9O2S/c1-15-26-29-22-19(20(23(2,3)4)30-31(15)22)27-28-21-17(35(33,34)16-10-6-5-7-11-16)14-25-32(21)18-12-8-9-13-24-18/h5-14,30H,1-4H3. The van der Waals surface area contributed by atoms with Crippen LogP contribution in [0.2, 0.25) is 0 Å². The summed E-state index contributed by atoms with van der Waals surface area (Å²) >= 11 is 0. The zero-order valence-electron chi connectivity index (χ0n) is 19.6. The van der Waals surface area contributed by atoms with Gasteiger partial charge in [-0.2, -0.15) is 9.78 Å². The van der Waals surface area contributed by atoms with Crippen LogP contribution in [-0.2, 0) is 15.3 Å². The summed E-state index contributed by atoms with van der Waals surface area (Å²) in [5, 5.41) is 24.8. The van der Waals surface area contributed by atoms with Gasteiger partial charge in [-0.15, -0.1) is 20.4 Å². The molecule has 35 heavy (non-hydrogen) atoms. The first-order valence-electron chi connectivity index (χ1n) is 10.8. The van der Waals surface area contributed by atoms with Gasteiger partial charge < -0.3 is 0 Å². The molecule has 0 amide bonds. The number of fused-ring (bicyclic) bond motifs is 1. The number of rotatable bonds is 5. The maximum absolute atomic E-state index is 13.5. The molecule has 4 heterocycles. The zero-order chi connectivity index (χ0) is 24.8. The highest BCUT2D eigenvalue weighted by atomic mass is 32.2. The second-order valence-electron chi connectivity index (χ2n) is 8.94. The molecule has 11 nitrogen and oxygen atoms in total. The van der Waals surface area contributed by atoms with E-state index in [0.717, 1.165) is 5.69 Å². The third-order valence-corrected chi connectivity index (χ3v) is 7.17. The SMILES string of the molecule is Cc1nnc2c(N=Nc3c(S(=O)(=O)c4ccccc4)cnn3-c3ccccn3)c(C(C)(C)C)[nH]n12. The fourth-order valence-electron chi connectivity index (χ4n) is 3.62. The van der Waals surface area contributed by atoms with Crippen LogP contribution in [0.3, 0.4) is 0 Å². The number of nitrogens with zero attached hydrogens (tertiary/aromatic N) is 8. The highest BCUT2D eigenvalue weighted by Gasteiger charge is 2.28. The number of pyridine rings is 1. The van der Waals surface area contributed by atoms with E-state index in [1.54, 1.807) is 47.1 Å². The number of aromatic nitrogens is 7. The smallest absolute Gasteiger partial charge is 0.211 e. The highest BCUT2D eigenvalue weighted by molar-refractivity contribution is 7.91. The first-order valence-corrected chi connectivity index (χ1v) is 12.3. The summed E-state index contributed by atoms with van der Waals surface area (Å²) in [5.41, 5.74) is 1.43. The molecule has 178 valence electrons. The van der Waals surface area contributed by atoms with Crippen molar-refractivity contribution in [1.82, 2.24) is 34.6 Å². The third-order valence-electron chi connectivity index (χ3n) is 5.41. The minimum atomic E-state index is -3.93. The number of aromatic amines is 1.